The smallest absolute Gasteiger partial charge is 0.244 e. The van der Waals surface area contributed by atoms with Gasteiger partial charge in [0.15, 0.2) is 5.41 Å². The third kappa shape index (κ3) is 2.47. The van der Waals surface area contributed by atoms with Crippen LogP contribution in [0.5, 0.6) is 0 Å². The highest BCUT2D eigenvalue weighted by atomic mass is 35.5. The Labute approximate surface area is 187 Å². The zero-order valence-corrected chi connectivity index (χ0v) is 17.5. The number of benzene rings is 2. The van der Waals surface area contributed by atoms with Crippen molar-refractivity contribution in [1.82, 2.24) is 0 Å². The van der Waals surface area contributed by atoms with Crippen molar-refractivity contribution in [1.29, 1.82) is 21.2 Å². The molecule has 0 aliphatic carbocycles. The molecule has 31 heavy (non-hydrogen) atoms. The number of ether oxygens (including phenoxy) is 2. The van der Waals surface area contributed by atoms with Crippen LogP contribution in [0.15, 0.2) is 42.5 Å². The summed E-state index contributed by atoms with van der Waals surface area (Å²) >= 11 is 12.4. The molecular weight excluding hydrogens is 442 g/mol. The van der Waals surface area contributed by atoms with E-state index in [-0.39, 0.29) is 10.6 Å². The lowest BCUT2D eigenvalue weighted by atomic mass is 9.53. The van der Waals surface area contributed by atoms with Crippen molar-refractivity contribution >= 4 is 29.1 Å². The van der Waals surface area contributed by atoms with Crippen LogP contribution in [0.4, 0.5) is 4.39 Å². The molecule has 154 valence electrons. The Morgan fingerprint density at radius 1 is 1.03 bits per heavy atom. The highest BCUT2D eigenvalue weighted by Gasteiger charge is 2.79. The highest BCUT2D eigenvalue weighted by molar-refractivity contribution is 6.35. The summed E-state index contributed by atoms with van der Waals surface area (Å²) < 4.78 is 25.7. The summed E-state index contributed by atoms with van der Waals surface area (Å²) in [6.07, 6.45) is -1.36. The quantitative estimate of drug-likeness (QED) is 0.665. The summed E-state index contributed by atoms with van der Waals surface area (Å²) in [5.41, 5.74) is -3.56. The number of nitriles is 3. The van der Waals surface area contributed by atoms with Gasteiger partial charge in [-0.1, -0.05) is 36.2 Å². The maximum atomic E-state index is 13.6. The fourth-order valence-corrected chi connectivity index (χ4v) is 5.05. The molecule has 2 aliphatic rings. The summed E-state index contributed by atoms with van der Waals surface area (Å²) in [6, 6.07) is 15.6. The Morgan fingerprint density at radius 2 is 1.68 bits per heavy atom. The fourth-order valence-electron chi connectivity index (χ4n) is 4.54. The Hall–Kier alpha value is -3.15. The van der Waals surface area contributed by atoms with Crippen molar-refractivity contribution < 1.29 is 13.9 Å². The number of nitrogens with zero attached hydrogens (tertiary/aromatic N) is 3. The van der Waals surface area contributed by atoms with Gasteiger partial charge in [-0.25, -0.2) is 4.39 Å². The molecular formula is C22H13Cl2FN4O2. The Bertz CT molecular complexity index is 1220. The summed E-state index contributed by atoms with van der Waals surface area (Å²) in [5, 5.41) is 39.6. The lowest BCUT2D eigenvalue weighted by Crippen LogP contribution is -2.57. The monoisotopic (exact) mass is 454 g/mol. The molecule has 2 saturated heterocycles. The van der Waals surface area contributed by atoms with E-state index in [0.717, 1.165) is 0 Å². The second-order valence-electron chi connectivity index (χ2n) is 7.44. The van der Waals surface area contributed by atoms with Crippen LogP contribution >= 0.6 is 23.2 Å². The van der Waals surface area contributed by atoms with E-state index < -0.39 is 40.4 Å². The maximum Gasteiger partial charge on any atom is 0.244 e. The molecule has 4 rings (SSSR count). The Kier molecular flexibility index (Phi) is 4.72. The molecule has 0 spiro atoms. The maximum absolute atomic E-state index is 13.6. The molecule has 2 aromatic carbocycles. The van der Waals surface area contributed by atoms with Crippen LogP contribution in [0.3, 0.4) is 0 Å². The van der Waals surface area contributed by atoms with Crippen molar-refractivity contribution in [3.05, 3.63) is 69.5 Å². The average Bonchev–Trinajstić information content (AvgIpc) is 2.91. The minimum atomic E-state index is -2.16. The van der Waals surface area contributed by atoms with E-state index >= 15 is 0 Å². The van der Waals surface area contributed by atoms with Crippen molar-refractivity contribution in [2.45, 2.75) is 18.8 Å². The normalized spacial score (nSPS) is 30.5. The van der Waals surface area contributed by atoms with E-state index in [0.29, 0.717) is 10.6 Å². The fraction of sp³-hybridized carbons (Fsp3) is 0.273. The van der Waals surface area contributed by atoms with Gasteiger partial charge in [-0.15, -0.1) is 0 Å². The molecule has 2 fully saturated rings. The molecule has 1 N–H and O–H groups in total. The van der Waals surface area contributed by atoms with E-state index in [1.54, 1.807) is 6.92 Å². The van der Waals surface area contributed by atoms with Gasteiger partial charge in [0.2, 0.25) is 17.1 Å². The third-order valence-electron chi connectivity index (χ3n) is 6.16. The number of halogens is 3. The van der Waals surface area contributed by atoms with Gasteiger partial charge in [0.05, 0.1) is 24.1 Å². The number of hydrogen-bond acceptors (Lipinski definition) is 6. The predicted molar refractivity (Wildman–Crippen MR) is 108 cm³/mol. The minimum absolute atomic E-state index is 0.121. The topological polar surface area (TPSA) is 114 Å². The molecule has 2 bridgehead atoms. The van der Waals surface area contributed by atoms with E-state index in [1.807, 2.05) is 18.2 Å². The van der Waals surface area contributed by atoms with Gasteiger partial charge < -0.3 is 9.47 Å². The second-order valence-corrected chi connectivity index (χ2v) is 8.29. The summed E-state index contributed by atoms with van der Waals surface area (Å²) in [7, 11) is 0. The third-order valence-corrected chi connectivity index (χ3v) is 6.72. The summed E-state index contributed by atoms with van der Waals surface area (Å²) in [4.78, 5) is 0. The number of fused-ring (bicyclic) bond motifs is 2. The Morgan fingerprint density at radius 3 is 2.23 bits per heavy atom. The molecule has 0 aromatic heterocycles. The van der Waals surface area contributed by atoms with Gasteiger partial charge in [-0.3, -0.25) is 5.41 Å². The van der Waals surface area contributed by atoms with E-state index in [1.165, 1.54) is 42.5 Å². The SMILES string of the molecule is CC1C2(c3ccc(F)cc3)OC(=N)C1(C#N)C(C#N)(C#N)C(c1ccc(Cl)cc1Cl)O2. The van der Waals surface area contributed by atoms with Crippen molar-refractivity contribution in [3.63, 3.8) is 0 Å². The lowest BCUT2D eigenvalue weighted by molar-refractivity contribution is -0.288. The van der Waals surface area contributed by atoms with E-state index in [9.17, 15) is 20.2 Å². The average molecular weight is 455 g/mol. The van der Waals surface area contributed by atoms with Gasteiger partial charge in [0.1, 0.15) is 11.9 Å². The van der Waals surface area contributed by atoms with Gasteiger partial charge in [-0.05, 0) is 36.4 Å². The number of nitrogens with one attached hydrogen (secondary N) is 1. The molecule has 9 heteroatoms. The molecule has 4 atom stereocenters. The molecule has 6 nitrogen and oxygen atoms in total. The standard InChI is InChI=1S/C22H13Cl2FN4O2/c1-12-21(11-28)19(29)31-22(12,13-2-5-15(25)6-3-13)30-18(20(21,9-26)10-27)16-7-4-14(23)8-17(16)24/h2-8,12,18,29H,1H3. The molecule has 2 heterocycles. The molecule has 2 aliphatic heterocycles. The van der Waals surface area contributed by atoms with Crippen LogP contribution in [0.1, 0.15) is 24.2 Å². The number of rotatable bonds is 2. The molecule has 2 aromatic rings. The van der Waals surface area contributed by atoms with Gasteiger partial charge in [0, 0.05) is 21.2 Å². The van der Waals surface area contributed by atoms with Gasteiger partial charge in [-0.2, -0.15) is 15.8 Å². The zero-order valence-electron chi connectivity index (χ0n) is 16.0. The minimum Gasteiger partial charge on any atom is -0.443 e. The van der Waals surface area contributed by atoms with Crippen LogP contribution in [-0.4, -0.2) is 5.90 Å². The first-order chi connectivity index (χ1) is 14.7. The summed E-state index contributed by atoms with van der Waals surface area (Å²) in [5.74, 6) is -3.73. The molecule has 4 unspecified atom stereocenters. The Balaban J connectivity index is 2.06. The molecule has 0 saturated carbocycles. The first-order valence-electron chi connectivity index (χ1n) is 9.13. The predicted octanol–water partition coefficient (Wildman–Crippen LogP) is 5.24. The first kappa shape index (κ1) is 21.1. The number of hydrogen-bond donors (Lipinski definition) is 1. The molecule has 0 radical (unpaired) electrons. The van der Waals surface area contributed by atoms with Crippen LogP contribution in [0.25, 0.3) is 0 Å². The van der Waals surface area contributed by atoms with Crippen LogP contribution < -0.4 is 0 Å². The summed E-state index contributed by atoms with van der Waals surface area (Å²) in [6.45, 7) is 1.57. The lowest BCUT2D eigenvalue weighted by Gasteiger charge is -2.49. The molecule has 0 amide bonds. The van der Waals surface area contributed by atoms with E-state index in [4.69, 9.17) is 38.1 Å². The second kappa shape index (κ2) is 6.94. The van der Waals surface area contributed by atoms with Crippen molar-refractivity contribution in [2.24, 2.45) is 16.7 Å². The van der Waals surface area contributed by atoms with Crippen molar-refractivity contribution in [3.8, 4) is 18.2 Å². The van der Waals surface area contributed by atoms with Crippen LogP contribution in [0.2, 0.25) is 10.0 Å². The largest absolute Gasteiger partial charge is 0.443 e. The van der Waals surface area contributed by atoms with Crippen molar-refractivity contribution in [2.75, 3.05) is 0 Å². The van der Waals surface area contributed by atoms with Gasteiger partial charge in [0.25, 0.3) is 0 Å². The highest BCUT2D eigenvalue weighted by Crippen LogP contribution is 2.69. The van der Waals surface area contributed by atoms with Crippen LogP contribution in [0, 0.1) is 62.0 Å². The van der Waals surface area contributed by atoms with Crippen LogP contribution in [-0.2, 0) is 15.3 Å². The first-order valence-corrected chi connectivity index (χ1v) is 9.88. The van der Waals surface area contributed by atoms with Gasteiger partial charge >= 0.3 is 0 Å². The zero-order chi connectivity index (χ0) is 22.6. The van der Waals surface area contributed by atoms with E-state index in [2.05, 4.69) is 0 Å².